The minimum Gasteiger partial charge on any atom is -0.481 e. The summed E-state index contributed by atoms with van der Waals surface area (Å²) in [5.74, 6) is -0.0225. The van der Waals surface area contributed by atoms with Gasteiger partial charge in [-0.15, -0.1) is 0 Å². The first-order valence-electron chi connectivity index (χ1n) is 5.65. The maximum atomic E-state index is 10.7. The minimum atomic E-state index is -0.897. The first-order valence-corrected chi connectivity index (χ1v) is 5.65. The summed E-state index contributed by atoms with van der Waals surface area (Å²) in [6.45, 7) is 1.91. The molecule has 3 N–H and O–H groups in total. The molecule has 1 aromatic carbocycles. The van der Waals surface area contributed by atoms with Crippen molar-refractivity contribution in [2.45, 2.75) is 19.4 Å². The van der Waals surface area contributed by atoms with Crippen LogP contribution in [-0.4, -0.2) is 20.6 Å². The van der Waals surface area contributed by atoms with Crippen LogP contribution in [0, 0.1) is 6.92 Å². The maximum Gasteiger partial charge on any atom is 0.305 e. The summed E-state index contributed by atoms with van der Waals surface area (Å²) in [5.41, 5.74) is 7.59. The molecule has 0 aliphatic rings. The van der Waals surface area contributed by atoms with Crippen molar-refractivity contribution in [2.24, 2.45) is 5.73 Å². The predicted molar refractivity (Wildman–Crippen MR) is 67.5 cm³/mol. The van der Waals surface area contributed by atoms with Gasteiger partial charge in [0.05, 0.1) is 6.42 Å². The van der Waals surface area contributed by atoms with Crippen molar-refractivity contribution in [1.29, 1.82) is 0 Å². The van der Waals surface area contributed by atoms with Crippen LogP contribution in [0.1, 0.15) is 23.9 Å². The molecule has 0 bridgehead atoms. The van der Waals surface area contributed by atoms with E-state index in [0.717, 1.165) is 17.1 Å². The average molecular weight is 245 g/mol. The third-order valence-corrected chi connectivity index (χ3v) is 2.80. The van der Waals surface area contributed by atoms with E-state index < -0.39 is 12.0 Å². The van der Waals surface area contributed by atoms with Gasteiger partial charge in [-0.05, 0) is 24.6 Å². The summed E-state index contributed by atoms with van der Waals surface area (Å²) in [5, 5.41) is 8.75. The van der Waals surface area contributed by atoms with Crippen LogP contribution >= 0.6 is 0 Å². The van der Waals surface area contributed by atoms with Gasteiger partial charge in [-0.25, -0.2) is 4.98 Å². The van der Waals surface area contributed by atoms with E-state index in [1.165, 1.54) is 0 Å². The molecule has 94 valence electrons. The Morgan fingerprint density at radius 2 is 2.33 bits per heavy atom. The number of carboxylic acid groups (broad SMARTS) is 1. The van der Waals surface area contributed by atoms with Crippen molar-refractivity contribution in [1.82, 2.24) is 9.55 Å². The van der Waals surface area contributed by atoms with E-state index in [2.05, 4.69) is 4.98 Å². The minimum absolute atomic E-state index is 0.0770. The van der Waals surface area contributed by atoms with Crippen molar-refractivity contribution in [3.05, 3.63) is 48.0 Å². The van der Waals surface area contributed by atoms with Gasteiger partial charge < -0.3 is 15.4 Å². The Hall–Kier alpha value is -2.14. The second-order valence-electron chi connectivity index (χ2n) is 4.14. The Labute approximate surface area is 105 Å². The van der Waals surface area contributed by atoms with Gasteiger partial charge in [-0.3, -0.25) is 4.79 Å². The van der Waals surface area contributed by atoms with E-state index in [1.807, 2.05) is 42.0 Å². The molecule has 0 aliphatic heterocycles. The molecule has 0 amide bonds. The first-order chi connectivity index (χ1) is 8.58. The molecule has 0 spiro atoms. The quantitative estimate of drug-likeness (QED) is 0.858. The summed E-state index contributed by atoms with van der Waals surface area (Å²) >= 11 is 0. The van der Waals surface area contributed by atoms with Crippen molar-refractivity contribution < 1.29 is 9.90 Å². The standard InChI is InChI=1S/C13H15N3O2/c1-9-15-5-6-16(9)11-4-2-3-10(7-11)12(14)8-13(17)18/h2-7,12H,8,14H2,1H3,(H,17,18). The lowest BCUT2D eigenvalue weighted by Gasteiger charge is -2.12. The van der Waals surface area contributed by atoms with Crippen LogP contribution in [0.2, 0.25) is 0 Å². The zero-order valence-electron chi connectivity index (χ0n) is 10.1. The molecular weight excluding hydrogens is 230 g/mol. The molecule has 5 nitrogen and oxygen atoms in total. The molecule has 0 fully saturated rings. The van der Waals surface area contributed by atoms with Gasteiger partial charge in [0.15, 0.2) is 0 Å². The number of imidazole rings is 1. The molecule has 1 heterocycles. The van der Waals surface area contributed by atoms with Gasteiger partial charge in [0, 0.05) is 24.1 Å². The number of aromatic nitrogens is 2. The molecule has 5 heteroatoms. The van der Waals surface area contributed by atoms with Gasteiger partial charge in [0.2, 0.25) is 0 Å². The molecule has 2 aromatic rings. The number of benzene rings is 1. The lowest BCUT2D eigenvalue weighted by Crippen LogP contribution is -2.15. The Bertz CT molecular complexity index is 563. The number of rotatable bonds is 4. The number of carboxylic acids is 1. The fourth-order valence-electron chi connectivity index (χ4n) is 1.86. The zero-order chi connectivity index (χ0) is 13.1. The summed E-state index contributed by atoms with van der Waals surface area (Å²) in [6.07, 6.45) is 3.50. The van der Waals surface area contributed by atoms with Crippen LogP contribution in [0.5, 0.6) is 0 Å². The van der Waals surface area contributed by atoms with Crippen LogP contribution in [0.4, 0.5) is 0 Å². The highest BCUT2D eigenvalue weighted by Gasteiger charge is 2.11. The average Bonchev–Trinajstić information content (AvgIpc) is 2.75. The number of nitrogens with two attached hydrogens (primary N) is 1. The van der Waals surface area contributed by atoms with E-state index in [4.69, 9.17) is 10.8 Å². The highest BCUT2D eigenvalue weighted by molar-refractivity contribution is 5.68. The molecule has 18 heavy (non-hydrogen) atoms. The van der Waals surface area contributed by atoms with Crippen LogP contribution in [0.25, 0.3) is 5.69 Å². The third kappa shape index (κ3) is 2.57. The third-order valence-electron chi connectivity index (χ3n) is 2.80. The Kier molecular flexibility index (Phi) is 3.43. The molecule has 1 atom stereocenters. The molecule has 0 aliphatic carbocycles. The lowest BCUT2D eigenvalue weighted by atomic mass is 10.0. The molecule has 2 rings (SSSR count). The summed E-state index contributed by atoms with van der Waals surface area (Å²) in [4.78, 5) is 14.8. The van der Waals surface area contributed by atoms with Crippen molar-refractivity contribution in [3.63, 3.8) is 0 Å². The van der Waals surface area contributed by atoms with Crippen molar-refractivity contribution in [2.75, 3.05) is 0 Å². The number of hydrogen-bond acceptors (Lipinski definition) is 3. The number of carbonyl (C=O) groups is 1. The Morgan fingerprint density at radius 1 is 1.56 bits per heavy atom. The van der Waals surface area contributed by atoms with Crippen LogP contribution in [0.3, 0.4) is 0 Å². The van der Waals surface area contributed by atoms with Gasteiger partial charge in [-0.2, -0.15) is 0 Å². The fraction of sp³-hybridized carbons (Fsp3) is 0.231. The number of hydrogen-bond donors (Lipinski definition) is 2. The van der Waals surface area contributed by atoms with Crippen LogP contribution in [-0.2, 0) is 4.79 Å². The lowest BCUT2D eigenvalue weighted by molar-refractivity contribution is -0.137. The molecular formula is C13H15N3O2. The van der Waals surface area contributed by atoms with E-state index >= 15 is 0 Å². The second kappa shape index (κ2) is 5.01. The largest absolute Gasteiger partial charge is 0.481 e. The van der Waals surface area contributed by atoms with Crippen molar-refractivity contribution >= 4 is 5.97 Å². The maximum absolute atomic E-state index is 10.7. The topological polar surface area (TPSA) is 81.1 Å². The number of aliphatic carboxylic acids is 1. The van der Waals surface area contributed by atoms with Gasteiger partial charge >= 0.3 is 5.97 Å². The SMILES string of the molecule is Cc1nccn1-c1cccc(C(N)CC(=O)O)c1. The molecule has 0 saturated carbocycles. The van der Waals surface area contributed by atoms with Crippen LogP contribution in [0.15, 0.2) is 36.7 Å². The molecule has 1 aromatic heterocycles. The number of aryl methyl sites for hydroxylation is 1. The summed E-state index contributed by atoms with van der Waals surface area (Å²) in [6, 6.07) is 7.04. The second-order valence-corrected chi connectivity index (χ2v) is 4.14. The highest BCUT2D eigenvalue weighted by atomic mass is 16.4. The fourth-order valence-corrected chi connectivity index (χ4v) is 1.86. The molecule has 0 radical (unpaired) electrons. The van der Waals surface area contributed by atoms with Gasteiger partial charge in [0.25, 0.3) is 0 Å². The first kappa shape index (κ1) is 12.3. The monoisotopic (exact) mass is 245 g/mol. The van der Waals surface area contributed by atoms with E-state index in [0.29, 0.717) is 0 Å². The summed E-state index contributed by atoms with van der Waals surface area (Å²) in [7, 11) is 0. The zero-order valence-corrected chi connectivity index (χ0v) is 10.1. The Balaban J connectivity index is 2.31. The Morgan fingerprint density at radius 3 is 2.94 bits per heavy atom. The molecule has 1 unspecified atom stereocenters. The van der Waals surface area contributed by atoms with E-state index in [-0.39, 0.29) is 6.42 Å². The number of nitrogens with zero attached hydrogens (tertiary/aromatic N) is 2. The molecule has 0 saturated heterocycles. The predicted octanol–water partition coefficient (Wildman–Crippen LogP) is 1.66. The van der Waals surface area contributed by atoms with E-state index in [1.54, 1.807) is 6.20 Å². The van der Waals surface area contributed by atoms with Crippen molar-refractivity contribution in [3.8, 4) is 5.69 Å². The van der Waals surface area contributed by atoms with Gasteiger partial charge in [0.1, 0.15) is 5.82 Å². The van der Waals surface area contributed by atoms with E-state index in [9.17, 15) is 4.79 Å². The van der Waals surface area contributed by atoms with Crippen LogP contribution < -0.4 is 5.73 Å². The highest BCUT2D eigenvalue weighted by Crippen LogP contribution is 2.18. The van der Waals surface area contributed by atoms with Gasteiger partial charge in [-0.1, -0.05) is 12.1 Å². The smallest absolute Gasteiger partial charge is 0.305 e. The summed E-state index contributed by atoms with van der Waals surface area (Å²) < 4.78 is 1.93. The normalized spacial score (nSPS) is 12.3.